The van der Waals surface area contributed by atoms with Gasteiger partial charge in [0.15, 0.2) is 0 Å². The second-order valence-corrected chi connectivity index (χ2v) is 7.99. The van der Waals surface area contributed by atoms with Crippen LogP contribution in [0.15, 0.2) is 16.3 Å². The van der Waals surface area contributed by atoms with Crippen LogP contribution in [0, 0.1) is 0 Å². The minimum atomic E-state index is -3.45. The van der Waals surface area contributed by atoms with E-state index in [1.54, 1.807) is 5.38 Å². The van der Waals surface area contributed by atoms with Crippen LogP contribution in [0.2, 0.25) is 0 Å². The molecule has 1 fully saturated rings. The zero-order valence-electron chi connectivity index (χ0n) is 11.7. The van der Waals surface area contributed by atoms with Crippen LogP contribution in [0.1, 0.15) is 30.6 Å². The summed E-state index contributed by atoms with van der Waals surface area (Å²) in [4.78, 5) is 3.14. The van der Waals surface area contributed by atoms with Gasteiger partial charge in [-0.25, -0.2) is 13.1 Å². The van der Waals surface area contributed by atoms with Gasteiger partial charge in [0.05, 0.1) is 11.5 Å². The lowest BCUT2D eigenvalue weighted by molar-refractivity contribution is 0.250. The van der Waals surface area contributed by atoms with E-state index in [-0.39, 0.29) is 11.5 Å². The number of hydrogen-bond acceptors (Lipinski definition) is 5. The van der Waals surface area contributed by atoms with E-state index < -0.39 is 10.0 Å². The Morgan fingerprint density at radius 2 is 2.15 bits per heavy atom. The predicted octanol–water partition coefficient (Wildman–Crippen LogP) is 1.39. The highest BCUT2D eigenvalue weighted by Crippen LogP contribution is 2.22. The number of aliphatic hydroxyl groups is 1. The summed E-state index contributed by atoms with van der Waals surface area (Å²) in [5.41, 5.74) is 0. The first kappa shape index (κ1) is 15.9. The molecule has 20 heavy (non-hydrogen) atoms. The fourth-order valence-electron chi connectivity index (χ4n) is 2.55. The highest BCUT2D eigenvalue weighted by Gasteiger charge is 2.20. The van der Waals surface area contributed by atoms with Gasteiger partial charge in [0, 0.05) is 29.4 Å². The third-order valence-electron chi connectivity index (χ3n) is 3.80. The van der Waals surface area contributed by atoms with Gasteiger partial charge in [-0.1, -0.05) is 12.8 Å². The molecular weight excluding hydrogens is 296 g/mol. The minimum Gasteiger partial charge on any atom is -0.391 e. The highest BCUT2D eigenvalue weighted by atomic mass is 32.2. The van der Waals surface area contributed by atoms with Crippen molar-refractivity contribution in [2.24, 2.45) is 0 Å². The number of rotatable bonds is 7. The third-order valence-corrected chi connectivity index (χ3v) is 6.31. The van der Waals surface area contributed by atoms with Crippen LogP contribution in [0.3, 0.4) is 0 Å². The second-order valence-electron chi connectivity index (χ2n) is 5.22. The van der Waals surface area contributed by atoms with E-state index in [2.05, 4.69) is 16.7 Å². The molecule has 0 radical (unpaired) electrons. The Bertz CT molecular complexity index is 521. The molecule has 0 aliphatic heterocycles. The Kier molecular flexibility index (Phi) is 5.57. The number of thiophene rings is 1. The molecule has 1 aromatic rings. The molecule has 2 rings (SSSR count). The maximum atomic E-state index is 12.1. The summed E-state index contributed by atoms with van der Waals surface area (Å²) in [7, 11) is -1.39. The van der Waals surface area contributed by atoms with Crippen molar-refractivity contribution >= 4 is 21.4 Å². The average Bonchev–Trinajstić information content (AvgIpc) is 3.10. The van der Waals surface area contributed by atoms with Crippen LogP contribution in [0.4, 0.5) is 0 Å². The monoisotopic (exact) mass is 318 g/mol. The van der Waals surface area contributed by atoms with Crippen molar-refractivity contribution in [2.75, 3.05) is 20.1 Å². The molecule has 0 atom stereocenters. The second kappa shape index (κ2) is 7.00. The molecule has 0 aromatic carbocycles. The Morgan fingerprint density at radius 1 is 1.45 bits per heavy atom. The van der Waals surface area contributed by atoms with E-state index >= 15 is 0 Å². The molecule has 2 N–H and O–H groups in total. The van der Waals surface area contributed by atoms with Crippen LogP contribution in [-0.4, -0.2) is 44.6 Å². The third kappa shape index (κ3) is 4.02. The van der Waals surface area contributed by atoms with Gasteiger partial charge in [0.25, 0.3) is 0 Å². The smallest absolute Gasteiger partial charge is 0.241 e. The Labute approximate surface area is 124 Å². The molecule has 0 unspecified atom stereocenters. The topological polar surface area (TPSA) is 69.6 Å². The summed E-state index contributed by atoms with van der Waals surface area (Å²) in [6, 6.07) is 2.12. The van der Waals surface area contributed by atoms with E-state index in [9.17, 15) is 8.42 Å². The molecule has 0 bridgehead atoms. The molecule has 1 saturated carbocycles. The van der Waals surface area contributed by atoms with Crippen LogP contribution >= 0.6 is 11.3 Å². The van der Waals surface area contributed by atoms with Crippen molar-refractivity contribution < 1.29 is 13.5 Å². The molecule has 1 aromatic heterocycles. The van der Waals surface area contributed by atoms with Gasteiger partial charge in [-0.15, -0.1) is 11.3 Å². The lowest BCUT2D eigenvalue weighted by Crippen LogP contribution is -2.37. The number of hydrogen-bond donors (Lipinski definition) is 2. The summed E-state index contributed by atoms with van der Waals surface area (Å²) in [5, 5.41) is 10.5. The predicted molar refractivity (Wildman–Crippen MR) is 80.3 cm³/mol. The van der Waals surface area contributed by atoms with Crippen molar-refractivity contribution in [3.8, 4) is 0 Å². The van der Waals surface area contributed by atoms with Crippen molar-refractivity contribution in [1.82, 2.24) is 9.62 Å². The molecule has 5 nitrogen and oxygen atoms in total. The first-order chi connectivity index (χ1) is 9.53. The number of likely N-dealkylation sites (N-methyl/N-ethyl adjacent to an activating group) is 1. The maximum absolute atomic E-state index is 12.1. The molecule has 7 heteroatoms. The van der Waals surface area contributed by atoms with E-state index in [1.165, 1.54) is 43.1 Å². The highest BCUT2D eigenvalue weighted by molar-refractivity contribution is 7.89. The fourth-order valence-corrected chi connectivity index (χ4v) is 4.71. The van der Waals surface area contributed by atoms with E-state index in [1.807, 2.05) is 0 Å². The van der Waals surface area contributed by atoms with Crippen LogP contribution in [0.25, 0.3) is 0 Å². The summed E-state index contributed by atoms with van der Waals surface area (Å²) in [6.07, 6.45) is 4.99. The average molecular weight is 318 g/mol. The van der Waals surface area contributed by atoms with Crippen molar-refractivity contribution in [3.63, 3.8) is 0 Å². The van der Waals surface area contributed by atoms with Gasteiger partial charge in [0.2, 0.25) is 10.0 Å². The Hall–Kier alpha value is -0.470. The Morgan fingerprint density at radius 3 is 2.75 bits per heavy atom. The summed E-state index contributed by atoms with van der Waals surface area (Å²) in [5.74, 6) is 0. The lowest BCUT2D eigenvalue weighted by Gasteiger charge is -2.23. The molecule has 1 heterocycles. The summed E-state index contributed by atoms with van der Waals surface area (Å²) < 4.78 is 26.7. The van der Waals surface area contributed by atoms with Gasteiger partial charge < -0.3 is 10.0 Å². The number of aliphatic hydroxyl groups excluding tert-OH is 1. The zero-order valence-corrected chi connectivity index (χ0v) is 13.3. The normalized spacial score (nSPS) is 17.1. The standard InChI is InChI=1S/C13H22N2O3S2/c1-15(11-4-2-3-5-11)7-6-14-20(17,18)13-8-12(9-16)19-10-13/h8,10-11,14,16H,2-7,9H2,1H3. The van der Waals surface area contributed by atoms with Crippen molar-refractivity contribution in [2.45, 2.75) is 43.2 Å². The molecule has 0 spiro atoms. The van der Waals surface area contributed by atoms with Gasteiger partial charge >= 0.3 is 0 Å². The summed E-state index contributed by atoms with van der Waals surface area (Å²) >= 11 is 1.26. The van der Waals surface area contributed by atoms with Crippen LogP contribution in [0.5, 0.6) is 0 Å². The molecule has 1 aliphatic carbocycles. The number of nitrogens with zero attached hydrogens (tertiary/aromatic N) is 1. The minimum absolute atomic E-state index is 0.120. The zero-order chi connectivity index (χ0) is 14.6. The number of sulfonamides is 1. The lowest BCUT2D eigenvalue weighted by atomic mass is 10.2. The van der Waals surface area contributed by atoms with Gasteiger partial charge in [-0.3, -0.25) is 0 Å². The summed E-state index contributed by atoms with van der Waals surface area (Å²) in [6.45, 7) is 1.02. The van der Waals surface area contributed by atoms with Gasteiger partial charge in [-0.2, -0.15) is 0 Å². The largest absolute Gasteiger partial charge is 0.391 e. The maximum Gasteiger partial charge on any atom is 0.241 e. The quantitative estimate of drug-likeness (QED) is 0.797. The van der Waals surface area contributed by atoms with E-state index in [0.29, 0.717) is 17.5 Å². The van der Waals surface area contributed by atoms with E-state index in [0.717, 1.165) is 6.54 Å². The first-order valence-electron chi connectivity index (χ1n) is 6.91. The molecule has 0 amide bonds. The first-order valence-corrected chi connectivity index (χ1v) is 9.27. The fraction of sp³-hybridized carbons (Fsp3) is 0.692. The van der Waals surface area contributed by atoms with Crippen LogP contribution in [-0.2, 0) is 16.6 Å². The van der Waals surface area contributed by atoms with Crippen molar-refractivity contribution in [3.05, 3.63) is 16.3 Å². The Balaban J connectivity index is 1.83. The molecule has 0 saturated heterocycles. The van der Waals surface area contributed by atoms with Gasteiger partial charge in [-0.05, 0) is 26.0 Å². The van der Waals surface area contributed by atoms with E-state index in [4.69, 9.17) is 5.11 Å². The molecule has 114 valence electrons. The van der Waals surface area contributed by atoms with Crippen LogP contribution < -0.4 is 4.72 Å². The van der Waals surface area contributed by atoms with Crippen molar-refractivity contribution in [1.29, 1.82) is 0 Å². The van der Waals surface area contributed by atoms with Gasteiger partial charge in [0.1, 0.15) is 0 Å². The molecule has 1 aliphatic rings. The number of nitrogens with one attached hydrogen (secondary N) is 1. The SMILES string of the molecule is CN(CCNS(=O)(=O)c1csc(CO)c1)C1CCCC1. The molecular formula is C13H22N2O3S2.